The van der Waals surface area contributed by atoms with E-state index in [2.05, 4.69) is 44.5 Å². The maximum atomic E-state index is 12.3. The van der Waals surface area contributed by atoms with E-state index in [0.717, 1.165) is 38.9 Å². The van der Waals surface area contributed by atoms with Crippen LogP contribution in [0.4, 0.5) is 0 Å². The maximum Gasteiger partial charge on any atom is 0.254 e. The third-order valence-corrected chi connectivity index (χ3v) is 4.78. The van der Waals surface area contributed by atoms with Gasteiger partial charge in [0.2, 0.25) is 5.91 Å². The number of carbonyl (C=O) groups excluding carboxylic acids is 1. The van der Waals surface area contributed by atoms with Gasteiger partial charge in [-0.1, -0.05) is 30.3 Å². The van der Waals surface area contributed by atoms with E-state index in [1.165, 1.54) is 11.8 Å². The van der Waals surface area contributed by atoms with Gasteiger partial charge in [0.15, 0.2) is 0 Å². The molecular formula is C20H26N4O2. The van der Waals surface area contributed by atoms with E-state index >= 15 is 0 Å². The molecule has 6 nitrogen and oxygen atoms in total. The fraction of sp³-hybridized carbons (Fsp3) is 0.450. The van der Waals surface area contributed by atoms with Crippen LogP contribution in [0.1, 0.15) is 29.8 Å². The number of hydrogen-bond acceptors (Lipinski definition) is 4. The Labute approximate surface area is 153 Å². The van der Waals surface area contributed by atoms with Crippen molar-refractivity contribution in [3.05, 3.63) is 63.8 Å². The fourth-order valence-corrected chi connectivity index (χ4v) is 3.40. The van der Waals surface area contributed by atoms with Crippen molar-refractivity contribution in [3.63, 3.8) is 0 Å². The molecule has 0 spiro atoms. The summed E-state index contributed by atoms with van der Waals surface area (Å²) < 4.78 is 0. The second-order valence-corrected chi connectivity index (χ2v) is 6.94. The number of H-pyrrole nitrogens is 1. The standard InChI is InChI=1S/C20H26N4O2/c1-15-21-13-17(20(26)22-15)12-19(25)23-18-8-5-10-24(14-18)11-9-16-6-3-2-4-7-16/h2-4,6-7,13,18H,5,8-12,14H2,1H3,(H,23,25)(H,21,22,26)/t18-/m1/s1. The molecule has 1 aromatic heterocycles. The molecule has 138 valence electrons. The number of hydrogen-bond donors (Lipinski definition) is 2. The lowest BCUT2D eigenvalue weighted by Gasteiger charge is -2.33. The molecule has 0 saturated carbocycles. The van der Waals surface area contributed by atoms with E-state index in [1.54, 1.807) is 6.92 Å². The van der Waals surface area contributed by atoms with Gasteiger partial charge in [0.05, 0.1) is 6.42 Å². The highest BCUT2D eigenvalue weighted by atomic mass is 16.2. The SMILES string of the molecule is Cc1ncc(CC(=O)N[C@@H]2CCCN(CCc3ccccc3)C2)c(=O)[nH]1. The molecule has 1 fully saturated rings. The molecule has 1 amide bonds. The number of likely N-dealkylation sites (tertiary alicyclic amines) is 1. The first-order valence-corrected chi connectivity index (χ1v) is 9.20. The normalized spacial score (nSPS) is 17.8. The predicted octanol–water partition coefficient (Wildman–Crippen LogP) is 1.44. The van der Waals surface area contributed by atoms with Crippen molar-refractivity contribution < 1.29 is 4.79 Å². The van der Waals surface area contributed by atoms with Crippen LogP contribution in [0.3, 0.4) is 0 Å². The number of nitrogens with one attached hydrogen (secondary N) is 2. The maximum absolute atomic E-state index is 12.3. The minimum atomic E-state index is -0.235. The first-order valence-electron chi connectivity index (χ1n) is 9.20. The molecule has 0 aliphatic carbocycles. The number of benzene rings is 1. The summed E-state index contributed by atoms with van der Waals surface area (Å²) in [5.74, 6) is 0.441. The van der Waals surface area contributed by atoms with Crippen LogP contribution in [0.5, 0.6) is 0 Å². The summed E-state index contributed by atoms with van der Waals surface area (Å²) in [6, 6.07) is 10.6. The van der Waals surface area contributed by atoms with Crippen LogP contribution < -0.4 is 10.9 Å². The molecule has 6 heteroatoms. The van der Waals surface area contributed by atoms with Crippen LogP contribution in [0, 0.1) is 6.92 Å². The molecule has 26 heavy (non-hydrogen) atoms. The molecule has 0 unspecified atom stereocenters. The molecule has 1 aliphatic heterocycles. The predicted molar refractivity (Wildman–Crippen MR) is 101 cm³/mol. The molecule has 2 aromatic rings. The summed E-state index contributed by atoms with van der Waals surface area (Å²) in [4.78, 5) is 33.2. The Hall–Kier alpha value is -2.47. The molecular weight excluding hydrogens is 328 g/mol. The van der Waals surface area contributed by atoms with Gasteiger partial charge in [-0.25, -0.2) is 4.98 Å². The molecule has 1 aliphatic rings. The number of rotatable bonds is 6. The molecule has 1 saturated heterocycles. The summed E-state index contributed by atoms with van der Waals surface area (Å²) >= 11 is 0. The lowest BCUT2D eigenvalue weighted by Crippen LogP contribution is -2.48. The molecule has 0 radical (unpaired) electrons. The Kier molecular flexibility index (Phi) is 6.17. The molecule has 1 aromatic carbocycles. The molecule has 1 atom stereocenters. The van der Waals surface area contributed by atoms with Crippen LogP contribution >= 0.6 is 0 Å². The fourth-order valence-electron chi connectivity index (χ4n) is 3.40. The number of nitrogens with zero attached hydrogens (tertiary/aromatic N) is 2. The van der Waals surface area contributed by atoms with Gasteiger partial charge in [-0.3, -0.25) is 9.59 Å². The Morgan fingerprint density at radius 2 is 2.15 bits per heavy atom. The highest BCUT2D eigenvalue weighted by Crippen LogP contribution is 2.11. The van der Waals surface area contributed by atoms with Crippen LogP contribution in [-0.2, 0) is 17.6 Å². The van der Waals surface area contributed by atoms with Gasteiger partial charge in [0.1, 0.15) is 5.82 Å². The summed E-state index contributed by atoms with van der Waals surface area (Å²) in [5, 5.41) is 3.08. The number of aromatic amines is 1. The van der Waals surface area contributed by atoms with Crippen molar-refractivity contribution in [1.82, 2.24) is 20.2 Å². The summed E-state index contributed by atoms with van der Waals surface area (Å²) in [6.07, 6.45) is 4.64. The number of aryl methyl sites for hydroxylation is 1. The second kappa shape index (κ2) is 8.76. The Morgan fingerprint density at radius 3 is 2.92 bits per heavy atom. The number of aromatic nitrogens is 2. The van der Waals surface area contributed by atoms with E-state index < -0.39 is 0 Å². The largest absolute Gasteiger partial charge is 0.352 e. The lowest BCUT2D eigenvalue weighted by atomic mass is 10.0. The Bertz CT molecular complexity index is 788. The van der Waals surface area contributed by atoms with E-state index in [0.29, 0.717) is 11.4 Å². The highest BCUT2D eigenvalue weighted by Gasteiger charge is 2.21. The topological polar surface area (TPSA) is 78.1 Å². The van der Waals surface area contributed by atoms with Crippen LogP contribution in [0.2, 0.25) is 0 Å². The van der Waals surface area contributed by atoms with Crippen molar-refractivity contribution >= 4 is 5.91 Å². The van der Waals surface area contributed by atoms with Crippen molar-refractivity contribution in [3.8, 4) is 0 Å². The van der Waals surface area contributed by atoms with Gasteiger partial charge >= 0.3 is 0 Å². The number of amides is 1. The zero-order valence-electron chi connectivity index (χ0n) is 15.2. The van der Waals surface area contributed by atoms with Crippen molar-refractivity contribution in [2.75, 3.05) is 19.6 Å². The van der Waals surface area contributed by atoms with Gasteiger partial charge in [-0.05, 0) is 38.3 Å². The summed E-state index contributed by atoms with van der Waals surface area (Å²) in [5.41, 5.74) is 1.51. The number of carbonyl (C=O) groups is 1. The third-order valence-electron chi connectivity index (χ3n) is 4.78. The molecule has 0 bridgehead atoms. The minimum Gasteiger partial charge on any atom is -0.352 e. The van der Waals surface area contributed by atoms with Gasteiger partial charge in [-0.2, -0.15) is 0 Å². The Balaban J connectivity index is 1.48. The smallest absolute Gasteiger partial charge is 0.254 e. The molecule has 3 rings (SSSR count). The van der Waals surface area contributed by atoms with E-state index in [4.69, 9.17) is 0 Å². The van der Waals surface area contributed by atoms with E-state index in [9.17, 15) is 9.59 Å². The number of piperidine rings is 1. The van der Waals surface area contributed by atoms with Gasteiger partial charge in [-0.15, -0.1) is 0 Å². The molecule has 2 heterocycles. The van der Waals surface area contributed by atoms with E-state index in [-0.39, 0.29) is 23.9 Å². The Morgan fingerprint density at radius 1 is 1.35 bits per heavy atom. The van der Waals surface area contributed by atoms with Gasteiger partial charge in [0, 0.05) is 30.9 Å². The van der Waals surface area contributed by atoms with Gasteiger partial charge < -0.3 is 15.2 Å². The van der Waals surface area contributed by atoms with E-state index in [1.807, 2.05) is 6.07 Å². The quantitative estimate of drug-likeness (QED) is 0.823. The minimum absolute atomic E-state index is 0.0725. The monoisotopic (exact) mass is 354 g/mol. The van der Waals surface area contributed by atoms with Crippen molar-refractivity contribution in [1.29, 1.82) is 0 Å². The van der Waals surface area contributed by atoms with Crippen LogP contribution in [-0.4, -0.2) is 46.5 Å². The lowest BCUT2D eigenvalue weighted by molar-refractivity contribution is -0.121. The highest BCUT2D eigenvalue weighted by molar-refractivity contribution is 5.78. The first kappa shape index (κ1) is 18.3. The average Bonchev–Trinajstić information content (AvgIpc) is 2.63. The molecule has 2 N–H and O–H groups in total. The summed E-state index contributed by atoms with van der Waals surface area (Å²) in [7, 11) is 0. The third kappa shape index (κ3) is 5.26. The zero-order chi connectivity index (χ0) is 18.4. The first-order chi connectivity index (χ1) is 12.6. The summed E-state index contributed by atoms with van der Waals surface area (Å²) in [6.45, 7) is 4.65. The van der Waals surface area contributed by atoms with Crippen molar-refractivity contribution in [2.24, 2.45) is 0 Å². The van der Waals surface area contributed by atoms with Crippen LogP contribution in [0.15, 0.2) is 41.3 Å². The second-order valence-electron chi connectivity index (χ2n) is 6.94. The van der Waals surface area contributed by atoms with Crippen LogP contribution in [0.25, 0.3) is 0 Å². The van der Waals surface area contributed by atoms with Crippen molar-refractivity contribution in [2.45, 2.75) is 38.6 Å². The average molecular weight is 354 g/mol. The van der Waals surface area contributed by atoms with Gasteiger partial charge in [0.25, 0.3) is 5.56 Å². The zero-order valence-corrected chi connectivity index (χ0v) is 15.2.